The average molecular weight is 216 g/mol. The third kappa shape index (κ3) is 4.71. The third-order valence-electron chi connectivity index (χ3n) is 2.12. The molecule has 1 aromatic rings. The van der Waals surface area contributed by atoms with Crippen molar-refractivity contribution in [3.05, 3.63) is 54.6 Å². The van der Waals surface area contributed by atoms with Gasteiger partial charge in [-0.05, 0) is 5.56 Å². The van der Waals surface area contributed by atoms with Crippen molar-refractivity contribution in [3.8, 4) is 0 Å². The Hall–Kier alpha value is -1.67. The minimum atomic E-state index is -0.715. The van der Waals surface area contributed by atoms with Crippen molar-refractivity contribution >= 4 is 11.9 Å². The van der Waals surface area contributed by atoms with Crippen LogP contribution in [0.4, 0.5) is 0 Å². The molecule has 0 bridgehead atoms. The zero-order valence-electron chi connectivity index (χ0n) is 9.17. The molecule has 0 fully saturated rings. The summed E-state index contributed by atoms with van der Waals surface area (Å²) in [5.74, 6) is 0.000196. The Labute approximate surface area is 95.9 Å². The van der Waals surface area contributed by atoms with Gasteiger partial charge in [0.1, 0.15) is 5.78 Å². The molecule has 0 saturated heterocycles. The Morgan fingerprint density at radius 3 is 2.69 bits per heavy atom. The summed E-state index contributed by atoms with van der Waals surface area (Å²) in [7, 11) is 0. The van der Waals surface area contributed by atoms with E-state index >= 15 is 0 Å². The Kier molecular flexibility index (Phi) is 5.23. The van der Waals surface area contributed by atoms with E-state index in [1.165, 1.54) is 0 Å². The fraction of sp³-hybridized carbons (Fsp3) is 0.214. The van der Waals surface area contributed by atoms with Gasteiger partial charge >= 0.3 is 0 Å². The van der Waals surface area contributed by atoms with Gasteiger partial charge in [0.2, 0.25) is 0 Å². The summed E-state index contributed by atoms with van der Waals surface area (Å²) in [6.07, 6.45) is 4.75. The molecule has 1 N–H and O–H groups in total. The topological polar surface area (TPSA) is 37.3 Å². The molecule has 2 heteroatoms. The van der Waals surface area contributed by atoms with E-state index in [4.69, 9.17) is 0 Å². The maximum atomic E-state index is 11.2. The van der Waals surface area contributed by atoms with E-state index in [-0.39, 0.29) is 12.2 Å². The first-order chi connectivity index (χ1) is 7.72. The molecular weight excluding hydrogens is 200 g/mol. The standard InChI is InChI=1S/C14H16O2/c1-2-6-13(15)11-14(16)10-9-12-7-4-3-5-8-12/h2-5,7-10,14,16H,1,6,11H2/b10-9+. The maximum absolute atomic E-state index is 11.2. The second-order valence-corrected chi connectivity index (χ2v) is 3.57. The molecule has 1 atom stereocenters. The lowest BCUT2D eigenvalue weighted by molar-refractivity contribution is -0.119. The summed E-state index contributed by atoms with van der Waals surface area (Å²) < 4.78 is 0. The van der Waals surface area contributed by atoms with E-state index in [9.17, 15) is 9.90 Å². The minimum Gasteiger partial charge on any atom is -0.389 e. The zero-order chi connectivity index (χ0) is 11.8. The van der Waals surface area contributed by atoms with Crippen LogP contribution in [0.5, 0.6) is 0 Å². The highest BCUT2D eigenvalue weighted by Crippen LogP contribution is 2.05. The minimum absolute atomic E-state index is 0.000196. The first-order valence-corrected chi connectivity index (χ1v) is 5.26. The first kappa shape index (κ1) is 12.4. The second-order valence-electron chi connectivity index (χ2n) is 3.57. The highest BCUT2D eigenvalue weighted by molar-refractivity contribution is 5.80. The monoisotopic (exact) mass is 216 g/mol. The SMILES string of the molecule is C=CCC(=O)CC(O)/C=C/c1ccccc1. The number of benzene rings is 1. The number of hydrogen-bond donors (Lipinski definition) is 1. The summed E-state index contributed by atoms with van der Waals surface area (Å²) >= 11 is 0. The molecule has 1 unspecified atom stereocenters. The molecule has 0 aliphatic carbocycles. The molecule has 0 amide bonds. The summed E-state index contributed by atoms with van der Waals surface area (Å²) in [5.41, 5.74) is 1.01. The fourth-order valence-corrected chi connectivity index (χ4v) is 1.33. The molecule has 0 saturated carbocycles. The largest absolute Gasteiger partial charge is 0.389 e. The molecule has 0 aliphatic heterocycles. The normalized spacial score (nSPS) is 12.6. The average Bonchev–Trinajstić information content (AvgIpc) is 2.28. The lowest BCUT2D eigenvalue weighted by Gasteiger charge is -2.02. The molecule has 0 aliphatic rings. The summed E-state index contributed by atoms with van der Waals surface area (Å²) in [6.45, 7) is 3.48. The summed E-state index contributed by atoms with van der Waals surface area (Å²) in [6, 6.07) is 9.66. The number of Topliss-reactive ketones (excluding diaryl/α,β-unsaturated/α-hetero) is 1. The van der Waals surface area contributed by atoms with Crippen LogP contribution in [0.3, 0.4) is 0 Å². The first-order valence-electron chi connectivity index (χ1n) is 5.26. The van der Waals surface area contributed by atoms with Gasteiger partial charge in [-0.2, -0.15) is 0 Å². The van der Waals surface area contributed by atoms with Gasteiger partial charge in [0, 0.05) is 12.8 Å². The highest BCUT2D eigenvalue weighted by Gasteiger charge is 2.05. The molecule has 1 rings (SSSR count). The van der Waals surface area contributed by atoms with Crippen molar-refractivity contribution in [1.29, 1.82) is 0 Å². The van der Waals surface area contributed by atoms with Crippen LogP contribution in [0, 0.1) is 0 Å². The van der Waals surface area contributed by atoms with E-state index < -0.39 is 6.10 Å². The number of ketones is 1. The van der Waals surface area contributed by atoms with E-state index in [2.05, 4.69) is 6.58 Å². The number of carbonyl (C=O) groups is 1. The predicted molar refractivity (Wildman–Crippen MR) is 65.9 cm³/mol. The Balaban J connectivity index is 2.45. The van der Waals surface area contributed by atoms with Crippen LogP contribution in [0.1, 0.15) is 18.4 Å². The summed E-state index contributed by atoms with van der Waals surface area (Å²) in [5, 5.41) is 9.57. The molecule has 0 spiro atoms. The molecule has 0 heterocycles. The van der Waals surface area contributed by atoms with Crippen LogP contribution < -0.4 is 0 Å². The lowest BCUT2D eigenvalue weighted by atomic mass is 10.1. The van der Waals surface area contributed by atoms with Crippen LogP contribution in [-0.4, -0.2) is 17.0 Å². The maximum Gasteiger partial charge on any atom is 0.139 e. The molecular formula is C14H16O2. The fourth-order valence-electron chi connectivity index (χ4n) is 1.33. The number of aliphatic hydroxyl groups excluding tert-OH is 1. The van der Waals surface area contributed by atoms with Crippen molar-refractivity contribution in [1.82, 2.24) is 0 Å². The van der Waals surface area contributed by atoms with Gasteiger partial charge in [-0.1, -0.05) is 48.6 Å². The summed E-state index contributed by atoms with van der Waals surface area (Å²) in [4.78, 5) is 11.2. The van der Waals surface area contributed by atoms with E-state index in [1.807, 2.05) is 36.4 Å². The number of carbonyl (C=O) groups excluding carboxylic acids is 1. The van der Waals surface area contributed by atoms with Gasteiger partial charge in [-0.25, -0.2) is 0 Å². The molecule has 0 aromatic heterocycles. The molecule has 2 nitrogen and oxygen atoms in total. The van der Waals surface area contributed by atoms with Crippen LogP contribution in [0.15, 0.2) is 49.1 Å². The number of aliphatic hydroxyl groups is 1. The number of allylic oxidation sites excluding steroid dienone is 1. The second kappa shape index (κ2) is 6.75. The van der Waals surface area contributed by atoms with Gasteiger partial charge in [-0.3, -0.25) is 4.79 Å². The van der Waals surface area contributed by atoms with Crippen molar-refractivity contribution in [2.24, 2.45) is 0 Å². The van der Waals surface area contributed by atoms with Crippen molar-refractivity contribution in [2.75, 3.05) is 0 Å². The Bertz CT molecular complexity index is 366. The van der Waals surface area contributed by atoms with Gasteiger partial charge in [0.15, 0.2) is 0 Å². The Morgan fingerprint density at radius 2 is 2.06 bits per heavy atom. The van der Waals surface area contributed by atoms with Gasteiger partial charge in [-0.15, -0.1) is 6.58 Å². The van der Waals surface area contributed by atoms with E-state index in [1.54, 1.807) is 12.2 Å². The Morgan fingerprint density at radius 1 is 1.38 bits per heavy atom. The van der Waals surface area contributed by atoms with Gasteiger partial charge in [0.05, 0.1) is 6.10 Å². The van der Waals surface area contributed by atoms with Crippen LogP contribution >= 0.6 is 0 Å². The zero-order valence-corrected chi connectivity index (χ0v) is 9.17. The molecule has 1 aromatic carbocycles. The number of rotatable bonds is 6. The van der Waals surface area contributed by atoms with Crippen molar-refractivity contribution in [2.45, 2.75) is 18.9 Å². The van der Waals surface area contributed by atoms with E-state index in [0.29, 0.717) is 6.42 Å². The van der Waals surface area contributed by atoms with Crippen molar-refractivity contribution in [3.63, 3.8) is 0 Å². The van der Waals surface area contributed by atoms with E-state index in [0.717, 1.165) is 5.56 Å². The quantitative estimate of drug-likeness (QED) is 0.742. The molecule has 16 heavy (non-hydrogen) atoms. The predicted octanol–water partition coefficient (Wildman–Crippen LogP) is 2.60. The third-order valence-corrected chi connectivity index (χ3v) is 2.12. The van der Waals surface area contributed by atoms with Crippen LogP contribution in [-0.2, 0) is 4.79 Å². The lowest BCUT2D eigenvalue weighted by Crippen LogP contribution is -2.09. The molecule has 84 valence electrons. The molecule has 0 radical (unpaired) electrons. The number of hydrogen-bond acceptors (Lipinski definition) is 2. The van der Waals surface area contributed by atoms with Gasteiger partial charge in [0.25, 0.3) is 0 Å². The van der Waals surface area contributed by atoms with Crippen molar-refractivity contribution < 1.29 is 9.90 Å². The van der Waals surface area contributed by atoms with Gasteiger partial charge < -0.3 is 5.11 Å². The highest BCUT2D eigenvalue weighted by atomic mass is 16.3. The smallest absolute Gasteiger partial charge is 0.139 e. The van der Waals surface area contributed by atoms with Crippen LogP contribution in [0.25, 0.3) is 6.08 Å². The van der Waals surface area contributed by atoms with Crippen LogP contribution in [0.2, 0.25) is 0 Å².